The number of rotatable bonds is 11. The van der Waals surface area contributed by atoms with Crippen LogP contribution in [0.5, 0.6) is 11.5 Å². The number of piperidine rings is 1. The SMILES string of the molecule is COc1cccc(CNC(=O)CC[C@@H]2CN(Cc3ccccc3)CC[C@@H]2N2CCN(c3ccccc3F)CC2)c1OC. The zero-order valence-electron chi connectivity index (χ0n) is 24.8. The molecule has 0 unspecified atom stereocenters. The molecule has 2 fully saturated rings. The second kappa shape index (κ2) is 14.5. The van der Waals surface area contributed by atoms with Crippen molar-refractivity contribution in [2.45, 2.75) is 38.4 Å². The van der Waals surface area contributed by atoms with Gasteiger partial charge in [0.25, 0.3) is 0 Å². The average Bonchev–Trinajstić information content (AvgIpc) is 3.03. The lowest BCUT2D eigenvalue weighted by atomic mass is 9.86. The van der Waals surface area contributed by atoms with Gasteiger partial charge >= 0.3 is 0 Å². The number of nitrogens with one attached hydrogen (secondary N) is 1. The summed E-state index contributed by atoms with van der Waals surface area (Å²) >= 11 is 0. The maximum Gasteiger partial charge on any atom is 0.220 e. The van der Waals surface area contributed by atoms with Crippen LogP contribution in [0.4, 0.5) is 10.1 Å². The number of nitrogens with zero attached hydrogens (tertiary/aromatic N) is 3. The van der Waals surface area contributed by atoms with Crippen LogP contribution in [0.25, 0.3) is 0 Å². The highest BCUT2D eigenvalue weighted by molar-refractivity contribution is 5.76. The molecular formula is C34H43FN4O3. The fourth-order valence-corrected chi connectivity index (χ4v) is 6.54. The van der Waals surface area contributed by atoms with Gasteiger partial charge in [-0.15, -0.1) is 0 Å². The summed E-state index contributed by atoms with van der Waals surface area (Å²) in [5.41, 5.74) is 2.90. The molecule has 2 atom stereocenters. The van der Waals surface area contributed by atoms with Crippen LogP contribution in [-0.4, -0.2) is 75.2 Å². The fourth-order valence-electron chi connectivity index (χ4n) is 6.54. The summed E-state index contributed by atoms with van der Waals surface area (Å²) in [5.74, 6) is 1.57. The molecule has 2 saturated heterocycles. The van der Waals surface area contributed by atoms with Gasteiger partial charge in [-0.05, 0) is 49.1 Å². The standard InChI is InChI=1S/C34H43FN4O3/c1-41-32-14-8-11-27(34(32)42-2)23-36-33(40)16-15-28-25-37(24-26-9-4-3-5-10-26)18-17-30(28)38-19-21-39(22-20-38)31-13-7-6-12-29(31)35/h3-14,28,30H,15-25H2,1-2H3,(H,36,40)/t28-,30+/m1/s1. The number of amides is 1. The summed E-state index contributed by atoms with van der Waals surface area (Å²) in [5, 5.41) is 3.10. The Balaban J connectivity index is 1.21. The third-order valence-corrected chi connectivity index (χ3v) is 8.71. The summed E-state index contributed by atoms with van der Waals surface area (Å²) in [6, 6.07) is 23.8. The third kappa shape index (κ3) is 7.41. The fraction of sp³-hybridized carbons (Fsp3) is 0.441. The van der Waals surface area contributed by atoms with Gasteiger partial charge in [-0.3, -0.25) is 14.6 Å². The van der Waals surface area contributed by atoms with Crippen molar-refractivity contribution in [2.24, 2.45) is 5.92 Å². The van der Waals surface area contributed by atoms with Crippen LogP contribution < -0.4 is 19.7 Å². The van der Waals surface area contributed by atoms with E-state index in [0.29, 0.717) is 42.1 Å². The zero-order chi connectivity index (χ0) is 29.3. The second-order valence-electron chi connectivity index (χ2n) is 11.3. The lowest BCUT2D eigenvalue weighted by Crippen LogP contribution is -2.56. The average molecular weight is 575 g/mol. The summed E-state index contributed by atoms with van der Waals surface area (Å²) in [7, 11) is 3.23. The molecule has 7 nitrogen and oxygen atoms in total. The van der Waals surface area contributed by atoms with E-state index in [2.05, 4.69) is 50.3 Å². The van der Waals surface area contributed by atoms with E-state index >= 15 is 0 Å². The van der Waals surface area contributed by atoms with Crippen LogP contribution in [-0.2, 0) is 17.9 Å². The van der Waals surface area contributed by atoms with Gasteiger partial charge in [0.05, 0.1) is 19.9 Å². The Morgan fingerprint density at radius 1 is 0.905 bits per heavy atom. The van der Waals surface area contributed by atoms with E-state index < -0.39 is 0 Å². The highest BCUT2D eigenvalue weighted by atomic mass is 19.1. The second-order valence-corrected chi connectivity index (χ2v) is 11.3. The summed E-state index contributed by atoms with van der Waals surface area (Å²) in [6.45, 7) is 6.72. The molecule has 5 rings (SSSR count). The van der Waals surface area contributed by atoms with Crippen molar-refractivity contribution in [1.82, 2.24) is 15.1 Å². The largest absolute Gasteiger partial charge is 0.493 e. The highest BCUT2D eigenvalue weighted by Crippen LogP contribution is 2.31. The Labute approximate surface area is 249 Å². The van der Waals surface area contributed by atoms with E-state index in [1.807, 2.05) is 30.3 Å². The maximum atomic E-state index is 14.4. The molecule has 2 aliphatic rings. The molecule has 3 aromatic rings. The van der Waals surface area contributed by atoms with E-state index in [0.717, 1.165) is 64.2 Å². The number of halogens is 1. The van der Waals surface area contributed by atoms with Crippen molar-refractivity contribution >= 4 is 11.6 Å². The van der Waals surface area contributed by atoms with Crippen LogP contribution >= 0.6 is 0 Å². The zero-order valence-corrected chi connectivity index (χ0v) is 24.8. The Morgan fingerprint density at radius 2 is 1.67 bits per heavy atom. The molecule has 0 aliphatic carbocycles. The van der Waals surface area contributed by atoms with Crippen LogP contribution in [0, 0.1) is 11.7 Å². The molecule has 0 aromatic heterocycles. The van der Waals surface area contributed by atoms with E-state index in [-0.39, 0.29) is 11.7 Å². The summed E-state index contributed by atoms with van der Waals surface area (Å²) in [6.07, 6.45) is 2.37. The molecule has 0 saturated carbocycles. The van der Waals surface area contributed by atoms with Gasteiger partial charge in [-0.1, -0.05) is 54.6 Å². The Kier molecular flexibility index (Phi) is 10.3. The predicted octanol–water partition coefficient (Wildman–Crippen LogP) is 4.95. The normalized spacial score (nSPS) is 19.8. The molecule has 42 heavy (non-hydrogen) atoms. The molecule has 2 aliphatic heterocycles. The number of methoxy groups -OCH3 is 2. The van der Waals surface area contributed by atoms with E-state index in [1.165, 1.54) is 11.6 Å². The van der Waals surface area contributed by atoms with Crippen molar-refractivity contribution in [3.8, 4) is 11.5 Å². The lowest BCUT2D eigenvalue weighted by Gasteiger charge is -2.47. The topological polar surface area (TPSA) is 57.3 Å². The van der Waals surface area contributed by atoms with Crippen LogP contribution in [0.2, 0.25) is 0 Å². The minimum Gasteiger partial charge on any atom is -0.493 e. The number of para-hydroxylation sites is 2. The number of piperazine rings is 1. The molecule has 2 heterocycles. The van der Waals surface area contributed by atoms with E-state index in [9.17, 15) is 9.18 Å². The Hall–Kier alpha value is -3.62. The molecular weight excluding hydrogens is 531 g/mol. The van der Waals surface area contributed by atoms with E-state index in [4.69, 9.17) is 9.47 Å². The molecule has 3 aromatic carbocycles. The first-order valence-electron chi connectivity index (χ1n) is 15.0. The number of benzene rings is 3. The van der Waals surface area contributed by atoms with Crippen molar-refractivity contribution in [3.05, 3.63) is 89.7 Å². The molecule has 1 amide bonds. The van der Waals surface area contributed by atoms with Crippen molar-refractivity contribution in [1.29, 1.82) is 0 Å². The Bertz CT molecular complexity index is 1300. The summed E-state index contributed by atoms with van der Waals surface area (Å²) < 4.78 is 25.4. The monoisotopic (exact) mass is 574 g/mol. The van der Waals surface area contributed by atoms with Crippen molar-refractivity contribution < 1.29 is 18.7 Å². The minimum atomic E-state index is -0.157. The first kappa shape index (κ1) is 29.9. The van der Waals surface area contributed by atoms with Crippen molar-refractivity contribution in [3.63, 3.8) is 0 Å². The van der Waals surface area contributed by atoms with Gasteiger partial charge in [0.15, 0.2) is 11.5 Å². The first-order chi connectivity index (χ1) is 20.6. The number of likely N-dealkylation sites (tertiary alicyclic amines) is 1. The maximum absolute atomic E-state index is 14.4. The van der Waals surface area contributed by atoms with Gasteiger partial charge < -0.3 is 19.7 Å². The van der Waals surface area contributed by atoms with Gasteiger partial charge in [-0.25, -0.2) is 4.39 Å². The van der Waals surface area contributed by atoms with Gasteiger partial charge in [0.2, 0.25) is 5.91 Å². The minimum absolute atomic E-state index is 0.0446. The molecule has 1 N–H and O–H groups in total. The smallest absolute Gasteiger partial charge is 0.220 e. The molecule has 224 valence electrons. The molecule has 0 bridgehead atoms. The summed E-state index contributed by atoms with van der Waals surface area (Å²) in [4.78, 5) is 20.3. The number of hydrogen-bond donors (Lipinski definition) is 1. The van der Waals surface area contributed by atoms with Crippen LogP contribution in [0.1, 0.15) is 30.4 Å². The van der Waals surface area contributed by atoms with Gasteiger partial charge in [0.1, 0.15) is 5.82 Å². The molecule has 0 spiro atoms. The Morgan fingerprint density at radius 3 is 2.40 bits per heavy atom. The van der Waals surface area contributed by atoms with Crippen molar-refractivity contribution in [2.75, 3.05) is 58.4 Å². The number of ether oxygens (including phenoxy) is 2. The number of anilines is 1. The number of carbonyl (C=O) groups excluding carboxylic acids is 1. The van der Waals surface area contributed by atoms with Gasteiger partial charge in [-0.2, -0.15) is 0 Å². The first-order valence-corrected chi connectivity index (χ1v) is 15.0. The third-order valence-electron chi connectivity index (χ3n) is 8.71. The lowest BCUT2D eigenvalue weighted by molar-refractivity contribution is -0.121. The molecule has 8 heteroatoms. The van der Waals surface area contributed by atoms with Crippen LogP contribution in [0.15, 0.2) is 72.8 Å². The van der Waals surface area contributed by atoms with Crippen LogP contribution in [0.3, 0.4) is 0 Å². The molecule has 0 radical (unpaired) electrons. The number of carbonyl (C=O) groups is 1. The van der Waals surface area contributed by atoms with E-state index in [1.54, 1.807) is 20.3 Å². The predicted molar refractivity (Wildman–Crippen MR) is 164 cm³/mol. The quantitative estimate of drug-likeness (QED) is 0.350. The highest BCUT2D eigenvalue weighted by Gasteiger charge is 2.35. The number of hydrogen-bond acceptors (Lipinski definition) is 6. The van der Waals surface area contributed by atoms with Gasteiger partial charge in [0, 0.05) is 63.8 Å².